The summed E-state index contributed by atoms with van der Waals surface area (Å²) in [6.07, 6.45) is 3.29. The average Bonchev–Trinajstić information content (AvgIpc) is 3.04. The van der Waals surface area contributed by atoms with Crippen LogP contribution in [0.5, 0.6) is 0 Å². The van der Waals surface area contributed by atoms with Crippen LogP contribution >= 0.6 is 0 Å². The van der Waals surface area contributed by atoms with Gasteiger partial charge in [-0.05, 0) is 36.0 Å². The van der Waals surface area contributed by atoms with Gasteiger partial charge in [0, 0.05) is 19.0 Å². The third-order valence-electron chi connectivity index (χ3n) is 5.79. The van der Waals surface area contributed by atoms with Crippen LogP contribution in [0.15, 0.2) is 59.5 Å². The van der Waals surface area contributed by atoms with Crippen molar-refractivity contribution in [2.75, 3.05) is 13.1 Å². The normalized spacial score (nSPS) is 22.4. The Morgan fingerprint density at radius 1 is 1.04 bits per heavy atom. The van der Waals surface area contributed by atoms with Crippen LogP contribution in [-0.2, 0) is 10.0 Å². The maximum absolute atomic E-state index is 13.2. The summed E-state index contributed by atoms with van der Waals surface area (Å²) in [5, 5.41) is 9.28. The van der Waals surface area contributed by atoms with E-state index in [0.29, 0.717) is 13.1 Å². The Labute approximate surface area is 148 Å². The summed E-state index contributed by atoms with van der Waals surface area (Å²) in [6, 6.07) is 18.7. The molecule has 2 aromatic rings. The van der Waals surface area contributed by atoms with E-state index in [9.17, 15) is 13.7 Å². The first kappa shape index (κ1) is 16.3. The van der Waals surface area contributed by atoms with Gasteiger partial charge in [-0.15, -0.1) is 0 Å². The molecule has 0 radical (unpaired) electrons. The molecule has 0 amide bonds. The van der Waals surface area contributed by atoms with Crippen molar-refractivity contribution in [2.24, 2.45) is 5.41 Å². The molecule has 1 aliphatic heterocycles. The highest BCUT2D eigenvalue weighted by molar-refractivity contribution is 7.89. The molecule has 1 saturated carbocycles. The topological polar surface area (TPSA) is 61.2 Å². The van der Waals surface area contributed by atoms with Crippen molar-refractivity contribution >= 4 is 10.0 Å². The zero-order valence-corrected chi connectivity index (χ0v) is 14.7. The maximum atomic E-state index is 13.2. The Hall–Kier alpha value is -2.16. The van der Waals surface area contributed by atoms with Crippen molar-refractivity contribution in [3.63, 3.8) is 0 Å². The second kappa shape index (κ2) is 5.98. The van der Waals surface area contributed by atoms with Crippen molar-refractivity contribution < 1.29 is 8.42 Å². The van der Waals surface area contributed by atoms with E-state index in [4.69, 9.17) is 0 Å². The third kappa shape index (κ3) is 2.57. The Balaban J connectivity index is 1.72. The van der Waals surface area contributed by atoms with Gasteiger partial charge in [-0.25, -0.2) is 8.42 Å². The molecule has 4 nitrogen and oxygen atoms in total. The number of nitrogens with zero attached hydrogens (tertiary/aromatic N) is 2. The van der Waals surface area contributed by atoms with Crippen molar-refractivity contribution in [1.82, 2.24) is 4.31 Å². The van der Waals surface area contributed by atoms with E-state index in [2.05, 4.69) is 12.1 Å². The average molecular weight is 352 g/mol. The van der Waals surface area contributed by atoms with Gasteiger partial charge in [0.1, 0.15) is 6.07 Å². The Kier molecular flexibility index (Phi) is 3.90. The van der Waals surface area contributed by atoms with Gasteiger partial charge in [0.2, 0.25) is 10.0 Å². The minimum Gasteiger partial charge on any atom is -0.207 e. The molecule has 5 heteroatoms. The summed E-state index contributed by atoms with van der Waals surface area (Å²) in [4.78, 5) is 0.126. The van der Waals surface area contributed by atoms with Crippen LogP contribution in [-0.4, -0.2) is 25.8 Å². The van der Waals surface area contributed by atoms with Gasteiger partial charge in [-0.2, -0.15) is 9.57 Å². The van der Waals surface area contributed by atoms with Crippen LogP contribution < -0.4 is 0 Å². The SMILES string of the molecule is N#Cc1ccccc1S(=O)(=O)N1CC(c2ccccc2)C2(CCC2)C1. The van der Waals surface area contributed by atoms with Crippen LogP contribution in [0.4, 0.5) is 0 Å². The molecule has 1 saturated heterocycles. The molecule has 0 N–H and O–H groups in total. The largest absolute Gasteiger partial charge is 0.244 e. The van der Waals surface area contributed by atoms with Gasteiger partial charge in [0.05, 0.1) is 10.5 Å². The maximum Gasteiger partial charge on any atom is 0.244 e. The van der Waals surface area contributed by atoms with Crippen molar-refractivity contribution in [3.8, 4) is 6.07 Å². The van der Waals surface area contributed by atoms with Gasteiger partial charge >= 0.3 is 0 Å². The van der Waals surface area contributed by atoms with Crippen LogP contribution in [0, 0.1) is 16.7 Å². The van der Waals surface area contributed by atoms with Crippen molar-refractivity contribution in [3.05, 3.63) is 65.7 Å². The first-order valence-electron chi connectivity index (χ1n) is 8.61. The van der Waals surface area contributed by atoms with Crippen molar-refractivity contribution in [2.45, 2.75) is 30.1 Å². The number of hydrogen-bond donors (Lipinski definition) is 0. The highest BCUT2D eigenvalue weighted by atomic mass is 32.2. The molecule has 1 heterocycles. The van der Waals surface area contributed by atoms with Crippen molar-refractivity contribution in [1.29, 1.82) is 5.26 Å². The molecule has 0 aromatic heterocycles. The molecule has 0 bridgehead atoms. The Morgan fingerprint density at radius 3 is 2.36 bits per heavy atom. The Bertz CT molecular complexity index is 928. The van der Waals surface area contributed by atoms with Gasteiger partial charge in [-0.3, -0.25) is 0 Å². The minimum absolute atomic E-state index is 0.0516. The van der Waals surface area contributed by atoms with E-state index in [0.717, 1.165) is 19.3 Å². The molecule has 25 heavy (non-hydrogen) atoms. The first-order chi connectivity index (χ1) is 12.1. The molecular weight excluding hydrogens is 332 g/mol. The molecule has 2 aromatic carbocycles. The van der Waals surface area contributed by atoms with E-state index in [1.807, 2.05) is 24.3 Å². The van der Waals surface area contributed by atoms with Crippen LogP contribution in [0.2, 0.25) is 0 Å². The summed E-state index contributed by atoms with van der Waals surface area (Å²) in [7, 11) is -3.66. The number of nitriles is 1. The fraction of sp³-hybridized carbons (Fsp3) is 0.350. The molecule has 1 spiro atoms. The van der Waals surface area contributed by atoms with Crippen LogP contribution in [0.1, 0.15) is 36.3 Å². The lowest BCUT2D eigenvalue weighted by Gasteiger charge is -2.43. The smallest absolute Gasteiger partial charge is 0.207 e. The van der Waals surface area contributed by atoms with Gasteiger partial charge in [0.15, 0.2) is 0 Å². The highest BCUT2D eigenvalue weighted by Gasteiger charge is 2.53. The Morgan fingerprint density at radius 2 is 1.72 bits per heavy atom. The molecule has 2 aliphatic rings. The quantitative estimate of drug-likeness (QED) is 0.849. The summed E-state index contributed by atoms with van der Waals surface area (Å²) in [5.74, 6) is 0.228. The van der Waals surface area contributed by atoms with E-state index < -0.39 is 10.0 Å². The lowest BCUT2D eigenvalue weighted by atomic mass is 9.61. The number of hydrogen-bond acceptors (Lipinski definition) is 3. The van der Waals surface area contributed by atoms with E-state index in [1.54, 1.807) is 22.5 Å². The van der Waals surface area contributed by atoms with Gasteiger partial charge in [0.25, 0.3) is 0 Å². The predicted octanol–water partition coefficient (Wildman–Crippen LogP) is 3.52. The summed E-state index contributed by atoms with van der Waals surface area (Å²) >= 11 is 0. The molecule has 128 valence electrons. The fourth-order valence-electron chi connectivity index (χ4n) is 4.31. The summed E-state index contributed by atoms with van der Waals surface area (Å²) < 4.78 is 28.0. The molecule has 4 rings (SSSR count). The second-order valence-electron chi connectivity index (χ2n) is 7.08. The van der Waals surface area contributed by atoms with E-state index in [-0.39, 0.29) is 21.8 Å². The lowest BCUT2D eigenvalue weighted by Crippen LogP contribution is -2.37. The molecule has 2 fully saturated rings. The minimum atomic E-state index is -3.66. The van der Waals surface area contributed by atoms with Crippen LogP contribution in [0.3, 0.4) is 0 Å². The molecule has 1 aliphatic carbocycles. The standard InChI is InChI=1S/C20H20N2O2S/c21-13-17-9-4-5-10-19(17)25(23,24)22-14-18(16-7-2-1-3-8-16)20(15-22)11-6-12-20/h1-5,7-10,18H,6,11-12,14-15H2. The summed E-state index contributed by atoms with van der Waals surface area (Å²) in [6.45, 7) is 1.04. The molecule has 1 unspecified atom stereocenters. The molecular formula is C20H20N2O2S. The number of rotatable bonds is 3. The zero-order valence-electron chi connectivity index (χ0n) is 13.9. The van der Waals surface area contributed by atoms with Gasteiger partial charge < -0.3 is 0 Å². The zero-order chi connectivity index (χ0) is 17.5. The van der Waals surface area contributed by atoms with E-state index in [1.165, 1.54) is 11.6 Å². The van der Waals surface area contributed by atoms with Gasteiger partial charge in [-0.1, -0.05) is 48.9 Å². The lowest BCUT2D eigenvalue weighted by molar-refractivity contribution is 0.131. The number of benzene rings is 2. The summed E-state index contributed by atoms with van der Waals surface area (Å²) in [5.41, 5.74) is 1.48. The highest BCUT2D eigenvalue weighted by Crippen LogP contribution is 2.56. The second-order valence-corrected chi connectivity index (χ2v) is 8.99. The molecule has 1 atom stereocenters. The third-order valence-corrected chi connectivity index (χ3v) is 7.66. The van der Waals surface area contributed by atoms with Crippen LogP contribution in [0.25, 0.3) is 0 Å². The fourth-order valence-corrected chi connectivity index (χ4v) is 6.00. The monoisotopic (exact) mass is 352 g/mol. The predicted molar refractivity (Wildman–Crippen MR) is 95.4 cm³/mol. The van der Waals surface area contributed by atoms with E-state index >= 15 is 0 Å². The first-order valence-corrected chi connectivity index (χ1v) is 10.1. The number of sulfonamides is 1.